The first kappa shape index (κ1) is 19.9. The highest BCUT2D eigenvalue weighted by Crippen LogP contribution is 2.30. The number of carbonyl (C=O) groups excluding carboxylic acids is 1. The normalized spacial score (nSPS) is 12.2. The zero-order valence-electron chi connectivity index (χ0n) is 15.5. The molecule has 0 bridgehead atoms. The van der Waals surface area contributed by atoms with E-state index in [9.17, 15) is 13.6 Å². The molecule has 1 amide bonds. The molecule has 2 aromatic carbocycles. The number of halogens is 3. The third-order valence-corrected chi connectivity index (χ3v) is 4.57. The van der Waals surface area contributed by atoms with E-state index in [1.807, 2.05) is 13.8 Å². The lowest BCUT2D eigenvalue weighted by atomic mass is 9.99. The van der Waals surface area contributed by atoms with E-state index in [0.29, 0.717) is 23.0 Å². The van der Waals surface area contributed by atoms with Crippen LogP contribution >= 0.6 is 11.6 Å². The van der Waals surface area contributed by atoms with E-state index < -0.39 is 23.5 Å². The summed E-state index contributed by atoms with van der Waals surface area (Å²) < 4.78 is 32.2. The zero-order chi connectivity index (χ0) is 20.4. The number of hydrogen-bond acceptors (Lipinski definition) is 4. The maximum atomic E-state index is 13.9. The second kappa shape index (κ2) is 8.06. The van der Waals surface area contributed by atoms with Crippen LogP contribution in [-0.2, 0) is 4.79 Å². The van der Waals surface area contributed by atoms with Crippen molar-refractivity contribution in [1.82, 2.24) is 10.1 Å². The number of aromatic nitrogens is 2. The Morgan fingerprint density at radius 3 is 2.50 bits per heavy atom. The Morgan fingerprint density at radius 2 is 1.89 bits per heavy atom. The number of anilines is 1. The van der Waals surface area contributed by atoms with Gasteiger partial charge in [0, 0.05) is 23.1 Å². The van der Waals surface area contributed by atoms with Gasteiger partial charge in [0.2, 0.25) is 5.91 Å². The van der Waals surface area contributed by atoms with Crippen LogP contribution in [0.15, 0.2) is 40.9 Å². The number of benzene rings is 2. The van der Waals surface area contributed by atoms with E-state index >= 15 is 0 Å². The van der Waals surface area contributed by atoms with Gasteiger partial charge in [-0.05, 0) is 31.2 Å². The summed E-state index contributed by atoms with van der Waals surface area (Å²) in [6.45, 7) is 5.43. The van der Waals surface area contributed by atoms with Crippen molar-refractivity contribution in [3.05, 3.63) is 64.4 Å². The Hall–Kier alpha value is -2.80. The first-order valence-electron chi connectivity index (χ1n) is 8.65. The van der Waals surface area contributed by atoms with E-state index in [2.05, 4.69) is 15.5 Å². The lowest BCUT2D eigenvalue weighted by Crippen LogP contribution is -2.20. The van der Waals surface area contributed by atoms with Crippen LogP contribution in [0.25, 0.3) is 11.5 Å². The third kappa shape index (κ3) is 4.20. The number of amides is 1. The van der Waals surface area contributed by atoms with Crippen molar-refractivity contribution in [3.63, 3.8) is 0 Å². The van der Waals surface area contributed by atoms with Gasteiger partial charge in [0.1, 0.15) is 11.6 Å². The lowest BCUT2D eigenvalue weighted by molar-refractivity contribution is -0.117. The van der Waals surface area contributed by atoms with Gasteiger partial charge in [0.05, 0.1) is 16.6 Å². The van der Waals surface area contributed by atoms with Crippen LogP contribution in [0.5, 0.6) is 0 Å². The molecule has 1 atom stereocenters. The van der Waals surface area contributed by atoms with Crippen LogP contribution in [0.4, 0.5) is 14.5 Å². The zero-order valence-corrected chi connectivity index (χ0v) is 16.2. The minimum absolute atomic E-state index is 0.0960. The Bertz CT molecular complexity index is 1020. The SMILES string of the molecule is CC(C)c1noc(-c2ccc(NC(=O)[C@H](C)c3ccc(F)cc3F)c(Cl)c2)n1. The van der Waals surface area contributed by atoms with E-state index in [1.165, 1.54) is 13.0 Å². The number of nitrogens with zero attached hydrogens (tertiary/aromatic N) is 2. The fraction of sp³-hybridized carbons (Fsp3) is 0.250. The fourth-order valence-electron chi connectivity index (χ4n) is 2.57. The van der Waals surface area contributed by atoms with Gasteiger partial charge >= 0.3 is 0 Å². The molecular formula is C20H18ClF2N3O2. The van der Waals surface area contributed by atoms with Crippen LogP contribution in [-0.4, -0.2) is 16.0 Å². The van der Waals surface area contributed by atoms with Crippen LogP contribution in [0.2, 0.25) is 5.02 Å². The van der Waals surface area contributed by atoms with Crippen LogP contribution < -0.4 is 5.32 Å². The Labute approximate surface area is 165 Å². The van der Waals surface area contributed by atoms with E-state index in [4.69, 9.17) is 16.1 Å². The molecule has 0 aliphatic rings. The molecule has 0 saturated heterocycles. The second-order valence-electron chi connectivity index (χ2n) is 6.68. The molecule has 1 aromatic heterocycles. The molecule has 0 unspecified atom stereocenters. The minimum Gasteiger partial charge on any atom is -0.334 e. The highest BCUT2D eigenvalue weighted by Gasteiger charge is 2.21. The topological polar surface area (TPSA) is 68.0 Å². The summed E-state index contributed by atoms with van der Waals surface area (Å²) in [5, 5.41) is 6.82. The van der Waals surface area contributed by atoms with Crippen LogP contribution in [0.3, 0.4) is 0 Å². The first-order chi connectivity index (χ1) is 13.3. The molecule has 3 rings (SSSR count). The van der Waals surface area contributed by atoms with Crippen molar-refractivity contribution in [2.24, 2.45) is 0 Å². The van der Waals surface area contributed by atoms with Crippen molar-refractivity contribution >= 4 is 23.2 Å². The maximum Gasteiger partial charge on any atom is 0.257 e. The number of nitrogens with one attached hydrogen (secondary N) is 1. The van der Waals surface area contributed by atoms with Gasteiger partial charge in [0.25, 0.3) is 5.89 Å². The third-order valence-electron chi connectivity index (χ3n) is 4.25. The standard InChI is InChI=1S/C20H18ClF2N3O2/c1-10(2)18-25-20(28-26-18)12-4-7-17(15(21)8-12)24-19(27)11(3)14-6-5-13(22)9-16(14)23/h4-11H,1-3H3,(H,24,27)/t11-/m1/s1. The molecule has 1 heterocycles. The molecule has 0 aliphatic carbocycles. The van der Waals surface area contributed by atoms with Gasteiger partial charge in [-0.15, -0.1) is 0 Å². The molecule has 8 heteroatoms. The molecular weight excluding hydrogens is 388 g/mol. The highest BCUT2D eigenvalue weighted by molar-refractivity contribution is 6.34. The van der Waals surface area contributed by atoms with Gasteiger partial charge in [-0.3, -0.25) is 4.79 Å². The summed E-state index contributed by atoms with van der Waals surface area (Å²) >= 11 is 6.27. The van der Waals surface area contributed by atoms with Crippen LogP contribution in [0.1, 0.15) is 44.0 Å². The van der Waals surface area contributed by atoms with Crippen molar-refractivity contribution in [3.8, 4) is 11.5 Å². The Kier molecular flexibility index (Phi) is 5.74. The van der Waals surface area contributed by atoms with Gasteiger partial charge in [0.15, 0.2) is 5.82 Å². The summed E-state index contributed by atoms with van der Waals surface area (Å²) in [6.07, 6.45) is 0. The lowest BCUT2D eigenvalue weighted by Gasteiger charge is -2.14. The van der Waals surface area contributed by atoms with Gasteiger partial charge in [-0.2, -0.15) is 4.98 Å². The quantitative estimate of drug-likeness (QED) is 0.605. The molecule has 3 aromatic rings. The predicted octanol–water partition coefficient (Wildman–Crippen LogP) is 5.53. The number of carbonyl (C=O) groups is 1. The average molecular weight is 406 g/mol. The van der Waals surface area contributed by atoms with E-state index in [-0.39, 0.29) is 16.5 Å². The monoisotopic (exact) mass is 405 g/mol. The Balaban J connectivity index is 1.77. The van der Waals surface area contributed by atoms with Gasteiger partial charge in [-0.25, -0.2) is 8.78 Å². The van der Waals surface area contributed by atoms with Crippen molar-refractivity contribution in [1.29, 1.82) is 0 Å². The Morgan fingerprint density at radius 1 is 1.14 bits per heavy atom. The molecule has 0 radical (unpaired) electrons. The minimum atomic E-state index is -0.833. The number of hydrogen-bond donors (Lipinski definition) is 1. The maximum absolute atomic E-state index is 13.9. The highest BCUT2D eigenvalue weighted by atomic mass is 35.5. The van der Waals surface area contributed by atoms with Crippen molar-refractivity contribution < 1.29 is 18.1 Å². The smallest absolute Gasteiger partial charge is 0.257 e. The largest absolute Gasteiger partial charge is 0.334 e. The van der Waals surface area contributed by atoms with Gasteiger partial charge in [-0.1, -0.05) is 36.7 Å². The predicted molar refractivity (Wildman–Crippen MR) is 102 cm³/mol. The van der Waals surface area contributed by atoms with E-state index in [1.54, 1.807) is 18.2 Å². The summed E-state index contributed by atoms with van der Waals surface area (Å²) in [6, 6.07) is 7.99. The van der Waals surface area contributed by atoms with Gasteiger partial charge < -0.3 is 9.84 Å². The molecule has 0 fully saturated rings. The molecule has 0 spiro atoms. The summed E-state index contributed by atoms with van der Waals surface area (Å²) in [5.41, 5.74) is 1.06. The molecule has 28 heavy (non-hydrogen) atoms. The first-order valence-corrected chi connectivity index (χ1v) is 9.03. The average Bonchev–Trinajstić information content (AvgIpc) is 3.13. The summed E-state index contributed by atoms with van der Waals surface area (Å²) in [5.74, 6) is -1.75. The molecule has 146 valence electrons. The van der Waals surface area contributed by atoms with E-state index in [0.717, 1.165) is 12.1 Å². The second-order valence-corrected chi connectivity index (χ2v) is 7.09. The van der Waals surface area contributed by atoms with Crippen LogP contribution in [0, 0.1) is 11.6 Å². The molecule has 1 N–H and O–H groups in total. The summed E-state index contributed by atoms with van der Waals surface area (Å²) in [7, 11) is 0. The molecule has 5 nitrogen and oxygen atoms in total. The molecule has 0 aliphatic heterocycles. The van der Waals surface area contributed by atoms with Crippen molar-refractivity contribution in [2.45, 2.75) is 32.6 Å². The van der Waals surface area contributed by atoms with Crippen molar-refractivity contribution in [2.75, 3.05) is 5.32 Å². The fourth-order valence-corrected chi connectivity index (χ4v) is 2.80. The number of rotatable bonds is 5. The summed E-state index contributed by atoms with van der Waals surface area (Å²) in [4.78, 5) is 16.8. The molecule has 0 saturated carbocycles.